The third kappa shape index (κ3) is 4.63. The van der Waals surface area contributed by atoms with Crippen LogP contribution in [0.1, 0.15) is 13.8 Å². The van der Waals surface area contributed by atoms with E-state index < -0.39 is 14.6 Å². The van der Waals surface area contributed by atoms with Gasteiger partial charge in [0, 0.05) is 37.3 Å². The molecule has 24 heavy (non-hydrogen) atoms. The summed E-state index contributed by atoms with van der Waals surface area (Å²) in [4.78, 5) is 7.26. The van der Waals surface area contributed by atoms with Crippen molar-refractivity contribution in [2.75, 3.05) is 38.2 Å². The molecule has 1 N–H and O–H groups in total. The van der Waals surface area contributed by atoms with E-state index in [1.165, 1.54) is 12.1 Å². The quantitative estimate of drug-likeness (QED) is 0.379. The number of hydrogen-bond donors (Lipinski definition) is 1. The summed E-state index contributed by atoms with van der Waals surface area (Å²) in [6.07, 6.45) is 0. The Morgan fingerprint density at radius 3 is 2.62 bits per heavy atom. The highest BCUT2D eigenvalue weighted by molar-refractivity contribution is 7.99. The van der Waals surface area contributed by atoms with Gasteiger partial charge in [-0.25, -0.2) is 12.8 Å². The third-order valence-electron chi connectivity index (χ3n) is 4.02. The van der Waals surface area contributed by atoms with Crippen molar-refractivity contribution in [1.82, 2.24) is 10.2 Å². The van der Waals surface area contributed by atoms with Crippen molar-refractivity contribution in [2.24, 2.45) is 4.99 Å². The Kier molecular flexibility index (Phi) is 6.14. The lowest BCUT2D eigenvalue weighted by atomic mass is 10.2. The lowest BCUT2D eigenvalue weighted by Gasteiger charge is -2.39. The minimum atomic E-state index is -3.06. The minimum Gasteiger partial charge on any atom is -0.355 e. The Morgan fingerprint density at radius 2 is 2.04 bits per heavy atom. The molecule has 0 bridgehead atoms. The average molecular weight is 374 g/mol. The fourth-order valence-electron chi connectivity index (χ4n) is 2.52. The smallest absolute Gasteiger partial charge is 0.193 e. The normalized spacial score (nSPS) is 20.0. The number of thioether (sulfide) groups is 1. The summed E-state index contributed by atoms with van der Waals surface area (Å²) in [6, 6.07) is 6.41. The maximum atomic E-state index is 12.9. The molecule has 0 unspecified atom stereocenters. The zero-order chi connectivity index (χ0) is 17.8. The van der Waals surface area contributed by atoms with Gasteiger partial charge in [-0.1, -0.05) is 0 Å². The van der Waals surface area contributed by atoms with E-state index in [-0.39, 0.29) is 11.6 Å². The summed E-state index contributed by atoms with van der Waals surface area (Å²) < 4.78 is 36.3. The van der Waals surface area contributed by atoms with Crippen LogP contribution in [0.3, 0.4) is 0 Å². The van der Waals surface area contributed by atoms with Crippen molar-refractivity contribution in [2.45, 2.75) is 23.5 Å². The zero-order valence-corrected chi connectivity index (χ0v) is 15.9. The maximum absolute atomic E-state index is 12.9. The number of rotatable bonds is 4. The molecular formula is C16H24FN3O2S2. The number of nitrogens with one attached hydrogen (secondary N) is 1. The maximum Gasteiger partial charge on any atom is 0.193 e. The first-order chi connectivity index (χ1) is 11.2. The molecule has 2 rings (SSSR count). The summed E-state index contributed by atoms with van der Waals surface area (Å²) in [5, 5.41) is 3.27. The Morgan fingerprint density at radius 1 is 1.38 bits per heavy atom. The second kappa shape index (κ2) is 7.74. The summed E-state index contributed by atoms with van der Waals surface area (Å²) in [6.45, 7) is 5.09. The van der Waals surface area contributed by atoms with Gasteiger partial charge in [-0.3, -0.25) is 4.99 Å². The predicted octanol–water partition coefficient (Wildman–Crippen LogP) is 2.00. The molecule has 0 radical (unpaired) electrons. The summed E-state index contributed by atoms with van der Waals surface area (Å²) in [5.74, 6) is 1.43. The minimum absolute atomic E-state index is 0.144. The molecule has 0 aromatic heterocycles. The van der Waals surface area contributed by atoms with Crippen LogP contribution >= 0.6 is 11.8 Å². The molecule has 1 heterocycles. The van der Waals surface area contributed by atoms with Gasteiger partial charge in [0.15, 0.2) is 15.8 Å². The van der Waals surface area contributed by atoms with E-state index in [4.69, 9.17) is 0 Å². The van der Waals surface area contributed by atoms with Crippen molar-refractivity contribution in [3.63, 3.8) is 0 Å². The van der Waals surface area contributed by atoms with E-state index in [2.05, 4.69) is 10.3 Å². The molecular weight excluding hydrogens is 349 g/mol. The topological polar surface area (TPSA) is 61.8 Å². The van der Waals surface area contributed by atoms with Crippen LogP contribution in [-0.2, 0) is 9.84 Å². The van der Waals surface area contributed by atoms with E-state index in [9.17, 15) is 12.8 Å². The molecule has 1 saturated heterocycles. The third-order valence-corrected chi connectivity index (χ3v) is 7.57. The molecule has 1 aliphatic heterocycles. The van der Waals surface area contributed by atoms with Gasteiger partial charge in [-0.05, 0) is 38.1 Å². The van der Waals surface area contributed by atoms with Crippen LogP contribution in [0.2, 0.25) is 0 Å². The van der Waals surface area contributed by atoms with Crippen LogP contribution < -0.4 is 5.32 Å². The van der Waals surface area contributed by atoms with Crippen LogP contribution in [0.5, 0.6) is 0 Å². The van der Waals surface area contributed by atoms with Gasteiger partial charge < -0.3 is 10.2 Å². The number of benzene rings is 1. The van der Waals surface area contributed by atoms with Crippen molar-refractivity contribution in [3.05, 3.63) is 30.1 Å². The molecule has 1 aromatic rings. The molecule has 134 valence electrons. The van der Waals surface area contributed by atoms with Crippen LogP contribution in [0.15, 0.2) is 34.2 Å². The highest BCUT2D eigenvalue weighted by atomic mass is 32.2. The van der Waals surface area contributed by atoms with Crippen molar-refractivity contribution < 1.29 is 12.8 Å². The molecule has 8 heteroatoms. The van der Waals surface area contributed by atoms with Gasteiger partial charge in [-0.2, -0.15) is 0 Å². The van der Waals surface area contributed by atoms with E-state index in [1.54, 1.807) is 44.8 Å². The first kappa shape index (κ1) is 19.1. The number of nitrogens with zero attached hydrogens (tertiary/aromatic N) is 2. The van der Waals surface area contributed by atoms with E-state index in [0.29, 0.717) is 19.6 Å². The van der Waals surface area contributed by atoms with Crippen LogP contribution in [0.25, 0.3) is 0 Å². The number of aliphatic imine (C=N–C) groups is 1. The standard InChI is InChI=1S/C16H24FN3O2S2/c1-16(2)12-20(9-11-24(16,21)22)15(18-3)19-8-10-23-14-6-4-13(17)5-7-14/h4-7H,8-12H2,1-3H3,(H,18,19). The highest BCUT2D eigenvalue weighted by Crippen LogP contribution is 2.23. The molecule has 1 aromatic carbocycles. The molecule has 0 atom stereocenters. The largest absolute Gasteiger partial charge is 0.355 e. The number of halogens is 1. The molecule has 1 fully saturated rings. The molecule has 0 amide bonds. The second-order valence-electron chi connectivity index (χ2n) is 6.28. The number of sulfone groups is 1. The van der Waals surface area contributed by atoms with Crippen LogP contribution in [0.4, 0.5) is 4.39 Å². The van der Waals surface area contributed by atoms with E-state index in [1.807, 2.05) is 4.90 Å². The van der Waals surface area contributed by atoms with Gasteiger partial charge in [0.25, 0.3) is 0 Å². The summed E-state index contributed by atoms with van der Waals surface area (Å²) in [5.41, 5.74) is 0. The molecule has 0 spiro atoms. The Hall–Kier alpha value is -1.28. The van der Waals surface area contributed by atoms with Gasteiger partial charge in [-0.15, -0.1) is 11.8 Å². The van der Waals surface area contributed by atoms with Gasteiger partial charge in [0.05, 0.1) is 10.5 Å². The average Bonchev–Trinajstić information content (AvgIpc) is 2.52. The van der Waals surface area contributed by atoms with E-state index >= 15 is 0 Å². The molecule has 0 saturated carbocycles. The monoisotopic (exact) mass is 373 g/mol. The summed E-state index contributed by atoms with van der Waals surface area (Å²) >= 11 is 1.63. The zero-order valence-electron chi connectivity index (χ0n) is 14.3. The first-order valence-corrected chi connectivity index (χ1v) is 10.5. The molecule has 1 aliphatic rings. The Bertz CT molecular complexity index is 688. The number of guanidine groups is 1. The first-order valence-electron chi connectivity index (χ1n) is 7.81. The van der Waals surface area contributed by atoms with Crippen molar-refractivity contribution >= 4 is 27.6 Å². The summed E-state index contributed by atoms with van der Waals surface area (Å²) in [7, 11) is -1.36. The Balaban J connectivity index is 1.84. The fraction of sp³-hybridized carbons (Fsp3) is 0.562. The number of hydrogen-bond acceptors (Lipinski definition) is 4. The SMILES string of the molecule is CN=C(NCCSc1ccc(F)cc1)N1CCS(=O)(=O)C(C)(C)C1. The van der Waals surface area contributed by atoms with Gasteiger partial charge in [0.1, 0.15) is 5.82 Å². The molecule has 0 aliphatic carbocycles. The van der Waals surface area contributed by atoms with Gasteiger partial charge in [0.2, 0.25) is 0 Å². The van der Waals surface area contributed by atoms with Crippen molar-refractivity contribution in [3.8, 4) is 0 Å². The lowest BCUT2D eigenvalue weighted by molar-refractivity contribution is 0.354. The second-order valence-corrected chi connectivity index (χ2v) is 10.2. The van der Waals surface area contributed by atoms with Crippen LogP contribution in [-0.4, -0.2) is 62.2 Å². The fourth-order valence-corrected chi connectivity index (χ4v) is 4.65. The molecule has 5 nitrogen and oxygen atoms in total. The van der Waals surface area contributed by atoms with Gasteiger partial charge >= 0.3 is 0 Å². The van der Waals surface area contributed by atoms with Crippen molar-refractivity contribution in [1.29, 1.82) is 0 Å². The Labute approximate surface area is 147 Å². The van der Waals surface area contributed by atoms with Crippen LogP contribution in [0, 0.1) is 5.82 Å². The predicted molar refractivity (Wildman–Crippen MR) is 97.9 cm³/mol. The highest BCUT2D eigenvalue weighted by Gasteiger charge is 2.40. The van der Waals surface area contributed by atoms with E-state index in [0.717, 1.165) is 16.6 Å². The lowest BCUT2D eigenvalue weighted by Crippen LogP contribution is -2.57.